The molecule has 0 amide bonds. The van der Waals surface area contributed by atoms with Gasteiger partial charge in [0, 0.05) is 28.9 Å². The molecule has 5 nitrogen and oxygen atoms in total. The molecular weight excluding hydrogens is 620 g/mol. The van der Waals surface area contributed by atoms with E-state index in [0.717, 1.165) is 73.0 Å². The van der Waals surface area contributed by atoms with Crippen LogP contribution in [0.2, 0.25) is 0 Å². The lowest BCUT2D eigenvalue weighted by Gasteiger charge is -2.31. The van der Waals surface area contributed by atoms with E-state index in [-0.39, 0.29) is 11.6 Å². The molecule has 0 bridgehead atoms. The topological polar surface area (TPSA) is 55.6 Å². The Balaban J connectivity index is 1.11. The number of allylic oxidation sites excluding steroid dienone is 2. The van der Waals surface area contributed by atoms with Gasteiger partial charge in [0.15, 0.2) is 11.4 Å². The van der Waals surface area contributed by atoms with Crippen molar-refractivity contribution in [1.82, 2.24) is 10.1 Å². The van der Waals surface area contributed by atoms with Crippen molar-refractivity contribution in [2.75, 3.05) is 37.7 Å². The Morgan fingerprint density at radius 3 is 2.42 bits per heavy atom. The summed E-state index contributed by atoms with van der Waals surface area (Å²) in [5.74, 6) is 3.82. The molecule has 2 aromatic carbocycles. The van der Waals surface area contributed by atoms with E-state index in [0.29, 0.717) is 17.4 Å². The maximum atomic E-state index is 13.6. The van der Waals surface area contributed by atoms with Crippen LogP contribution in [0.15, 0.2) is 59.1 Å². The Morgan fingerprint density at radius 2 is 1.69 bits per heavy atom. The first-order valence-corrected chi connectivity index (χ1v) is 19.9. The molecule has 0 radical (unpaired) electrons. The fourth-order valence-electron chi connectivity index (χ4n) is 6.66. The lowest BCUT2D eigenvalue weighted by molar-refractivity contribution is 0.101. The highest BCUT2D eigenvalue weighted by Crippen LogP contribution is 2.33. The largest absolute Gasteiger partial charge is 0.493 e. The smallest absolute Gasteiger partial charge is 0.170 e. The monoisotopic (exact) mass is 678 g/mol. The molecule has 3 aromatic rings. The minimum atomic E-state index is -0.283. The van der Waals surface area contributed by atoms with Crippen LogP contribution >= 0.6 is 11.8 Å². The summed E-state index contributed by atoms with van der Waals surface area (Å²) in [6.07, 6.45) is 23.7. The molecule has 0 N–H and O–H groups in total. The summed E-state index contributed by atoms with van der Waals surface area (Å²) in [5.41, 5.74) is 2.26. The first kappa shape index (κ1) is 38.2. The number of hydrogen-bond donors (Lipinski definition) is 0. The van der Waals surface area contributed by atoms with Crippen molar-refractivity contribution >= 4 is 28.5 Å². The van der Waals surface area contributed by atoms with Gasteiger partial charge in [0.25, 0.3) is 0 Å². The Kier molecular flexibility index (Phi) is 17.6. The average Bonchev–Trinajstić information content (AvgIpc) is 3.52. The zero-order chi connectivity index (χ0) is 33.8. The summed E-state index contributed by atoms with van der Waals surface area (Å²) in [6, 6.07) is 12.3. The number of carbonyl (C=O) groups is 1. The van der Waals surface area contributed by atoms with Gasteiger partial charge in [-0.15, -0.1) is 0 Å². The van der Waals surface area contributed by atoms with Crippen LogP contribution in [0.1, 0.15) is 132 Å². The summed E-state index contributed by atoms with van der Waals surface area (Å²) in [5, 5.41) is 5.25. The van der Waals surface area contributed by atoms with Gasteiger partial charge < -0.3 is 14.2 Å². The van der Waals surface area contributed by atoms with Crippen LogP contribution in [0, 0.1) is 11.7 Å². The number of ketones is 1. The van der Waals surface area contributed by atoms with Crippen LogP contribution in [-0.2, 0) is 0 Å². The van der Waals surface area contributed by atoms with E-state index in [2.05, 4.69) is 40.9 Å². The molecule has 1 fully saturated rings. The number of Topliss-reactive ketones (excluding diaryl/α,β-unsaturated/α-hetero) is 1. The number of halogens is 1. The highest BCUT2D eigenvalue weighted by atomic mass is 32.2. The third kappa shape index (κ3) is 13.7. The van der Waals surface area contributed by atoms with Crippen molar-refractivity contribution in [3.8, 4) is 5.75 Å². The number of unbranched alkanes of at least 4 members (excludes halogenated alkanes) is 9. The highest BCUT2D eigenvalue weighted by Gasteiger charge is 2.25. The number of benzene rings is 2. The van der Waals surface area contributed by atoms with E-state index in [4.69, 9.17) is 9.26 Å². The predicted molar refractivity (Wildman–Crippen MR) is 200 cm³/mol. The molecule has 4 rings (SSSR count). The quantitative estimate of drug-likeness (QED) is 0.0534. The first-order valence-electron chi connectivity index (χ1n) is 18.8. The molecule has 0 aliphatic carbocycles. The van der Waals surface area contributed by atoms with E-state index >= 15 is 0 Å². The molecule has 1 unspecified atom stereocenters. The second kappa shape index (κ2) is 22.2. The zero-order valence-electron chi connectivity index (χ0n) is 29.6. The second-order valence-electron chi connectivity index (χ2n) is 13.7. The SMILES string of the molecule is CCCCCCCC/C=C\CCCCCC(COc1ccc(C(C)=O)cc1)CSCCCN1CCC(c2noc3cc(F)ccc23)CC1. The number of carbonyl (C=O) groups excluding carboxylic acids is 1. The normalized spacial score (nSPS) is 15.1. The molecule has 264 valence electrons. The molecule has 1 aliphatic rings. The van der Waals surface area contributed by atoms with E-state index in [9.17, 15) is 9.18 Å². The average molecular weight is 679 g/mol. The van der Waals surface area contributed by atoms with Crippen LogP contribution in [0.4, 0.5) is 4.39 Å². The Hall–Kier alpha value is -2.64. The first-order chi connectivity index (χ1) is 23.5. The summed E-state index contributed by atoms with van der Waals surface area (Å²) in [7, 11) is 0. The minimum Gasteiger partial charge on any atom is -0.493 e. The Labute approximate surface area is 293 Å². The van der Waals surface area contributed by atoms with Crippen molar-refractivity contribution in [3.05, 3.63) is 71.7 Å². The fourth-order valence-corrected chi connectivity index (χ4v) is 7.76. The standard InChI is InChI=1S/C41H59FN2O3S/c1-3-4-5-6-7-8-9-10-11-12-13-14-15-17-34(31-46-38-21-18-35(19-22-38)33(2)45)32-48-29-16-26-44-27-24-36(25-28-44)41-39-23-20-37(42)30-40(39)47-43-41/h10-11,18-23,30,34,36H,3-9,12-17,24-29,31-32H2,1-2H3/b11-10-. The molecule has 7 heteroatoms. The summed E-state index contributed by atoms with van der Waals surface area (Å²) in [6.45, 7) is 7.86. The molecule has 2 heterocycles. The molecule has 1 atom stereocenters. The van der Waals surface area contributed by atoms with Gasteiger partial charge in [-0.2, -0.15) is 11.8 Å². The highest BCUT2D eigenvalue weighted by molar-refractivity contribution is 7.99. The van der Waals surface area contributed by atoms with Gasteiger partial charge in [-0.25, -0.2) is 4.39 Å². The molecule has 1 saturated heterocycles. The van der Waals surface area contributed by atoms with E-state index < -0.39 is 0 Å². The fraction of sp³-hybridized carbons (Fsp3) is 0.610. The summed E-state index contributed by atoms with van der Waals surface area (Å²) < 4.78 is 25.2. The van der Waals surface area contributed by atoms with Crippen LogP contribution < -0.4 is 4.74 Å². The molecule has 48 heavy (non-hydrogen) atoms. The number of nitrogens with zero attached hydrogens (tertiary/aromatic N) is 2. The lowest BCUT2D eigenvalue weighted by atomic mass is 9.91. The van der Waals surface area contributed by atoms with Crippen LogP contribution in [0.3, 0.4) is 0 Å². The number of fused-ring (bicyclic) bond motifs is 1. The molecule has 1 aromatic heterocycles. The van der Waals surface area contributed by atoms with Crippen molar-refractivity contribution in [2.45, 2.75) is 116 Å². The van der Waals surface area contributed by atoms with E-state index in [1.54, 1.807) is 13.0 Å². The maximum absolute atomic E-state index is 13.6. The lowest BCUT2D eigenvalue weighted by Crippen LogP contribution is -2.34. The van der Waals surface area contributed by atoms with Gasteiger partial charge in [-0.3, -0.25) is 4.79 Å². The van der Waals surface area contributed by atoms with Gasteiger partial charge in [0.05, 0.1) is 12.3 Å². The molecule has 0 saturated carbocycles. The van der Waals surface area contributed by atoms with Crippen LogP contribution in [0.25, 0.3) is 11.0 Å². The second-order valence-corrected chi connectivity index (χ2v) is 14.8. The molecular formula is C41H59FN2O3S. The summed E-state index contributed by atoms with van der Waals surface area (Å²) >= 11 is 2.06. The van der Waals surface area contributed by atoms with Gasteiger partial charge in [0.2, 0.25) is 0 Å². The van der Waals surface area contributed by atoms with E-state index in [1.807, 2.05) is 24.3 Å². The summed E-state index contributed by atoms with van der Waals surface area (Å²) in [4.78, 5) is 14.2. The van der Waals surface area contributed by atoms with Crippen LogP contribution in [-0.4, -0.2) is 53.6 Å². The maximum Gasteiger partial charge on any atom is 0.170 e. The zero-order valence-corrected chi connectivity index (χ0v) is 30.4. The predicted octanol–water partition coefficient (Wildman–Crippen LogP) is 11.4. The van der Waals surface area contributed by atoms with Crippen molar-refractivity contribution in [1.29, 1.82) is 0 Å². The third-order valence-electron chi connectivity index (χ3n) is 9.67. The molecule has 0 spiro atoms. The van der Waals surface area contributed by atoms with Crippen molar-refractivity contribution in [3.63, 3.8) is 0 Å². The third-order valence-corrected chi connectivity index (χ3v) is 11.0. The van der Waals surface area contributed by atoms with Crippen molar-refractivity contribution in [2.24, 2.45) is 5.92 Å². The number of thioether (sulfide) groups is 1. The number of rotatable bonds is 24. The van der Waals surface area contributed by atoms with Gasteiger partial charge in [0.1, 0.15) is 11.6 Å². The number of hydrogen-bond acceptors (Lipinski definition) is 6. The number of ether oxygens (including phenoxy) is 1. The number of piperidine rings is 1. The Bertz CT molecular complexity index is 1350. The van der Waals surface area contributed by atoms with Gasteiger partial charge in [-0.1, -0.05) is 69.2 Å². The van der Waals surface area contributed by atoms with Gasteiger partial charge >= 0.3 is 0 Å². The number of aromatic nitrogens is 1. The Morgan fingerprint density at radius 1 is 0.979 bits per heavy atom. The van der Waals surface area contributed by atoms with Gasteiger partial charge in [-0.05, 0) is 126 Å². The minimum absolute atomic E-state index is 0.0823. The number of likely N-dealkylation sites (tertiary alicyclic amines) is 1. The van der Waals surface area contributed by atoms with Crippen molar-refractivity contribution < 1.29 is 18.4 Å². The van der Waals surface area contributed by atoms with Crippen LogP contribution in [0.5, 0.6) is 5.75 Å². The molecule has 1 aliphatic heterocycles. The van der Waals surface area contributed by atoms with E-state index in [1.165, 1.54) is 95.6 Å².